The number of nitro benzene ring substituents is 1. The Kier molecular flexibility index (Phi) is 5.87. The average molecular weight is 415 g/mol. The highest BCUT2D eigenvalue weighted by Crippen LogP contribution is 2.35. The molecule has 150 valence electrons. The molecule has 1 aromatic carbocycles. The van der Waals surface area contributed by atoms with Crippen molar-refractivity contribution in [3.63, 3.8) is 0 Å². The van der Waals surface area contributed by atoms with E-state index in [0.29, 0.717) is 17.3 Å². The fourth-order valence-electron chi connectivity index (χ4n) is 2.85. The molecule has 2 heterocycles. The summed E-state index contributed by atoms with van der Waals surface area (Å²) in [6, 6.07) is 1.97. The van der Waals surface area contributed by atoms with Crippen molar-refractivity contribution in [2.75, 3.05) is 11.1 Å². The van der Waals surface area contributed by atoms with Gasteiger partial charge in [0.1, 0.15) is 11.5 Å². The number of amides is 1. The highest BCUT2D eigenvalue weighted by atomic mass is 32.2. The number of rotatable bonds is 5. The number of nitrogens with zero attached hydrogens (tertiary/aromatic N) is 4. The van der Waals surface area contributed by atoms with Crippen LogP contribution in [0.15, 0.2) is 23.4 Å². The van der Waals surface area contributed by atoms with Crippen LogP contribution in [0.4, 0.5) is 24.5 Å². The number of hydrogen-bond donors (Lipinski definition) is 1. The molecule has 1 aromatic heterocycles. The van der Waals surface area contributed by atoms with Crippen molar-refractivity contribution in [2.45, 2.75) is 43.6 Å². The highest BCUT2D eigenvalue weighted by molar-refractivity contribution is 7.99. The van der Waals surface area contributed by atoms with Gasteiger partial charge in [0.15, 0.2) is 5.16 Å². The molecule has 2 aromatic rings. The predicted molar refractivity (Wildman–Crippen MR) is 95.0 cm³/mol. The van der Waals surface area contributed by atoms with Crippen molar-refractivity contribution >= 4 is 29.0 Å². The average Bonchev–Trinajstić information content (AvgIpc) is 2.85. The number of carbonyl (C=O) groups excluding carboxylic acids is 1. The molecule has 3 rings (SSSR count). The zero-order valence-electron chi connectivity index (χ0n) is 14.5. The fraction of sp³-hybridized carbons (Fsp3) is 0.438. The number of hydrogen-bond acceptors (Lipinski definition) is 6. The van der Waals surface area contributed by atoms with Gasteiger partial charge in [-0.3, -0.25) is 14.9 Å². The first-order chi connectivity index (χ1) is 13.3. The summed E-state index contributed by atoms with van der Waals surface area (Å²) < 4.78 is 40.2. The molecule has 8 nitrogen and oxygen atoms in total. The second-order valence-electron chi connectivity index (χ2n) is 6.18. The molecule has 0 spiro atoms. The van der Waals surface area contributed by atoms with Gasteiger partial charge in [-0.05, 0) is 25.0 Å². The maximum absolute atomic E-state index is 12.7. The summed E-state index contributed by atoms with van der Waals surface area (Å²) in [5, 5.41) is 22.1. The number of aromatic nitrogens is 3. The van der Waals surface area contributed by atoms with E-state index in [1.807, 2.05) is 4.57 Å². The minimum atomic E-state index is -4.71. The number of nitro groups is 1. The second-order valence-corrected chi connectivity index (χ2v) is 7.13. The lowest BCUT2D eigenvalue weighted by Gasteiger charge is -2.10. The molecule has 1 aliphatic rings. The van der Waals surface area contributed by atoms with E-state index in [0.717, 1.165) is 55.9 Å². The van der Waals surface area contributed by atoms with Crippen molar-refractivity contribution in [3.8, 4) is 0 Å². The van der Waals surface area contributed by atoms with Crippen LogP contribution in [0.2, 0.25) is 0 Å². The van der Waals surface area contributed by atoms with E-state index in [1.165, 1.54) is 0 Å². The molecule has 28 heavy (non-hydrogen) atoms. The monoisotopic (exact) mass is 415 g/mol. The third-order valence-electron chi connectivity index (χ3n) is 4.20. The number of carbonyl (C=O) groups is 1. The van der Waals surface area contributed by atoms with Crippen LogP contribution in [0.3, 0.4) is 0 Å². The van der Waals surface area contributed by atoms with Crippen LogP contribution in [-0.4, -0.2) is 31.3 Å². The van der Waals surface area contributed by atoms with Gasteiger partial charge in [0, 0.05) is 19.0 Å². The van der Waals surface area contributed by atoms with Crippen molar-refractivity contribution in [2.24, 2.45) is 0 Å². The lowest BCUT2D eigenvalue weighted by Crippen LogP contribution is -2.16. The van der Waals surface area contributed by atoms with Crippen molar-refractivity contribution in [1.82, 2.24) is 14.8 Å². The van der Waals surface area contributed by atoms with Crippen LogP contribution in [0, 0.1) is 10.1 Å². The Balaban J connectivity index is 1.68. The van der Waals surface area contributed by atoms with Gasteiger partial charge in [0.2, 0.25) is 5.91 Å². The molecule has 0 unspecified atom stereocenters. The third-order valence-corrected chi connectivity index (χ3v) is 5.17. The van der Waals surface area contributed by atoms with Crippen LogP contribution in [-0.2, 0) is 23.9 Å². The molecule has 1 N–H and O–H groups in total. The highest BCUT2D eigenvalue weighted by Gasteiger charge is 2.33. The molecule has 1 amide bonds. The number of fused-ring (bicyclic) bond motifs is 1. The summed E-state index contributed by atoms with van der Waals surface area (Å²) in [4.78, 5) is 22.3. The first-order valence-corrected chi connectivity index (χ1v) is 9.44. The van der Waals surface area contributed by atoms with Gasteiger partial charge >= 0.3 is 6.18 Å². The molecule has 0 radical (unpaired) electrons. The summed E-state index contributed by atoms with van der Waals surface area (Å²) >= 11 is 1.13. The maximum Gasteiger partial charge on any atom is 0.416 e. The Morgan fingerprint density at radius 2 is 2.07 bits per heavy atom. The molecule has 0 bridgehead atoms. The van der Waals surface area contributed by atoms with Gasteiger partial charge in [-0.2, -0.15) is 13.2 Å². The van der Waals surface area contributed by atoms with Gasteiger partial charge in [-0.1, -0.05) is 18.2 Å². The van der Waals surface area contributed by atoms with E-state index >= 15 is 0 Å². The van der Waals surface area contributed by atoms with Crippen LogP contribution < -0.4 is 5.32 Å². The molecule has 0 atom stereocenters. The van der Waals surface area contributed by atoms with E-state index in [9.17, 15) is 28.1 Å². The summed E-state index contributed by atoms with van der Waals surface area (Å²) in [6.07, 6.45) is -0.791. The zero-order valence-corrected chi connectivity index (χ0v) is 15.3. The lowest BCUT2D eigenvalue weighted by molar-refractivity contribution is -0.384. The van der Waals surface area contributed by atoms with Crippen LogP contribution in [0.1, 0.15) is 30.7 Å². The molecule has 0 saturated heterocycles. The topological polar surface area (TPSA) is 103 Å². The van der Waals surface area contributed by atoms with E-state index in [1.54, 1.807) is 0 Å². The summed E-state index contributed by atoms with van der Waals surface area (Å²) in [7, 11) is 0. The van der Waals surface area contributed by atoms with Crippen LogP contribution in [0.25, 0.3) is 0 Å². The molecular weight excluding hydrogens is 399 g/mol. The summed E-state index contributed by atoms with van der Waals surface area (Å²) in [6.45, 7) is 0.761. The molecule has 0 fully saturated rings. The van der Waals surface area contributed by atoms with Crippen LogP contribution >= 0.6 is 11.8 Å². The van der Waals surface area contributed by atoms with Gasteiger partial charge in [0.05, 0.1) is 16.2 Å². The number of aryl methyl sites for hydroxylation is 1. The largest absolute Gasteiger partial charge is 0.416 e. The van der Waals surface area contributed by atoms with E-state index in [2.05, 4.69) is 15.5 Å². The molecule has 0 saturated carbocycles. The Morgan fingerprint density at radius 1 is 1.29 bits per heavy atom. The number of alkyl halides is 3. The Hall–Kier alpha value is -2.63. The first kappa shape index (κ1) is 20.1. The van der Waals surface area contributed by atoms with Gasteiger partial charge in [0.25, 0.3) is 5.69 Å². The minimum Gasteiger partial charge on any atom is -0.320 e. The Morgan fingerprint density at radius 3 is 2.79 bits per heavy atom. The molecule has 0 aliphatic carbocycles. The van der Waals surface area contributed by atoms with Crippen molar-refractivity contribution in [1.29, 1.82) is 0 Å². The van der Waals surface area contributed by atoms with Gasteiger partial charge in [-0.25, -0.2) is 0 Å². The number of benzene rings is 1. The molecule has 1 aliphatic heterocycles. The van der Waals surface area contributed by atoms with E-state index in [-0.39, 0.29) is 11.4 Å². The standard InChI is InChI=1S/C16H16F3N5O3S/c17-16(18,19)10-5-6-11(12(8-10)24(26)27)20-14(25)9-28-15-22-21-13-4-2-1-3-7-23(13)15/h5-6,8H,1-4,7,9H2,(H,20,25). The SMILES string of the molecule is O=C(CSc1nnc2n1CCCCC2)Nc1ccc(C(F)(F)F)cc1[N+](=O)[O-]. The van der Waals surface area contributed by atoms with Crippen molar-refractivity contribution in [3.05, 3.63) is 39.7 Å². The number of halogens is 3. The molecule has 12 heteroatoms. The smallest absolute Gasteiger partial charge is 0.320 e. The summed E-state index contributed by atoms with van der Waals surface area (Å²) in [5.74, 6) is 0.175. The van der Waals surface area contributed by atoms with Crippen molar-refractivity contribution < 1.29 is 22.9 Å². The second kappa shape index (κ2) is 8.17. The predicted octanol–water partition coefficient (Wildman–Crippen LogP) is 3.66. The van der Waals surface area contributed by atoms with Gasteiger partial charge < -0.3 is 9.88 Å². The maximum atomic E-state index is 12.7. The zero-order chi connectivity index (χ0) is 20.3. The number of thioether (sulfide) groups is 1. The van der Waals surface area contributed by atoms with E-state index in [4.69, 9.17) is 0 Å². The normalized spacial score (nSPS) is 14.2. The van der Waals surface area contributed by atoms with Gasteiger partial charge in [-0.15, -0.1) is 10.2 Å². The fourth-order valence-corrected chi connectivity index (χ4v) is 3.63. The number of anilines is 1. The Bertz CT molecular complexity index is 900. The number of nitrogens with one attached hydrogen (secondary N) is 1. The van der Waals surface area contributed by atoms with Crippen LogP contribution in [0.5, 0.6) is 0 Å². The van der Waals surface area contributed by atoms with E-state index < -0.39 is 28.3 Å². The lowest BCUT2D eigenvalue weighted by atomic mass is 10.1. The Labute approximate surface area is 161 Å². The molecular formula is C16H16F3N5O3S. The summed E-state index contributed by atoms with van der Waals surface area (Å²) in [5.41, 5.74) is -2.26. The first-order valence-electron chi connectivity index (χ1n) is 8.46. The quantitative estimate of drug-likeness (QED) is 0.454. The minimum absolute atomic E-state index is 0.101. The third kappa shape index (κ3) is 4.61.